The molecule has 0 amide bonds. The zero-order chi connectivity index (χ0) is 8.55. The van der Waals surface area contributed by atoms with E-state index in [1.165, 1.54) is 6.42 Å². The van der Waals surface area contributed by atoms with Gasteiger partial charge in [0.2, 0.25) is 0 Å². The van der Waals surface area contributed by atoms with Crippen molar-refractivity contribution in [2.75, 3.05) is 6.54 Å². The van der Waals surface area contributed by atoms with Gasteiger partial charge in [-0.3, -0.25) is 0 Å². The molecule has 12 heavy (non-hydrogen) atoms. The van der Waals surface area contributed by atoms with E-state index in [0.29, 0.717) is 12.5 Å². The highest BCUT2D eigenvalue weighted by Crippen LogP contribution is 2.30. The van der Waals surface area contributed by atoms with Crippen molar-refractivity contribution in [1.29, 1.82) is 0 Å². The Morgan fingerprint density at radius 2 is 2.50 bits per heavy atom. The molecule has 0 radical (unpaired) electrons. The fourth-order valence-corrected chi connectivity index (χ4v) is 1.86. The van der Waals surface area contributed by atoms with Crippen molar-refractivity contribution in [2.24, 2.45) is 5.73 Å². The summed E-state index contributed by atoms with van der Waals surface area (Å²) >= 11 is 0. The predicted molar refractivity (Wildman–Crippen MR) is 46.0 cm³/mol. The lowest BCUT2D eigenvalue weighted by atomic mass is 9.91. The molecule has 0 spiro atoms. The summed E-state index contributed by atoms with van der Waals surface area (Å²) in [4.78, 5) is 4.36. The first-order valence-corrected chi connectivity index (χ1v) is 4.47. The first-order chi connectivity index (χ1) is 5.81. The van der Waals surface area contributed by atoms with Gasteiger partial charge in [-0.15, -0.1) is 0 Å². The minimum atomic E-state index is 0.436. The maximum absolute atomic E-state index is 5.65. The standard InChI is InChI=1S/C9H14N2O/c1-6-11-9-7(5-10)3-2-4-8(9)12-6/h7H,2-5,10H2,1H3. The van der Waals surface area contributed by atoms with Crippen LogP contribution >= 0.6 is 0 Å². The summed E-state index contributed by atoms with van der Waals surface area (Å²) in [6, 6.07) is 0. The second-order valence-electron chi connectivity index (χ2n) is 3.37. The molecule has 0 aliphatic heterocycles. The van der Waals surface area contributed by atoms with E-state index in [2.05, 4.69) is 4.98 Å². The van der Waals surface area contributed by atoms with Gasteiger partial charge in [0.25, 0.3) is 0 Å². The Morgan fingerprint density at radius 3 is 3.25 bits per heavy atom. The molecule has 1 aliphatic rings. The molecule has 0 saturated heterocycles. The number of rotatable bonds is 1. The molecule has 2 rings (SSSR count). The molecule has 0 aromatic carbocycles. The molecule has 1 aromatic rings. The number of aromatic nitrogens is 1. The Bertz CT molecular complexity index is 280. The minimum Gasteiger partial charge on any atom is -0.446 e. The molecule has 3 heteroatoms. The highest BCUT2D eigenvalue weighted by atomic mass is 16.4. The van der Waals surface area contributed by atoms with E-state index in [0.717, 1.165) is 30.2 Å². The molecule has 0 fully saturated rings. The predicted octanol–water partition coefficient (Wildman–Crippen LogP) is 1.36. The third kappa shape index (κ3) is 1.14. The number of aryl methyl sites for hydroxylation is 2. The van der Waals surface area contributed by atoms with Gasteiger partial charge in [-0.25, -0.2) is 4.98 Å². The monoisotopic (exact) mass is 166 g/mol. The van der Waals surface area contributed by atoms with E-state index in [1.807, 2.05) is 6.92 Å². The van der Waals surface area contributed by atoms with Gasteiger partial charge in [0.05, 0.1) is 5.69 Å². The lowest BCUT2D eigenvalue weighted by Gasteiger charge is -2.17. The van der Waals surface area contributed by atoms with Crippen molar-refractivity contribution >= 4 is 0 Å². The van der Waals surface area contributed by atoms with Crippen LogP contribution in [-0.4, -0.2) is 11.5 Å². The van der Waals surface area contributed by atoms with E-state index < -0.39 is 0 Å². The lowest BCUT2D eigenvalue weighted by Crippen LogP contribution is -2.17. The Kier molecular flexibility index (Phi) is 1.89. The Morgan fingerprint density at radius 1 is 1.67 bits per heavy atom. The normalized spacial score (nSPS) is 22.3. The largest absolute Gasteiger partial charge is 0.446 e. The number of hydrogen-bond donors (Lipinski definition) is 1. The maximum Gasteiger partial charge on any atom is 0.191 e. The zero-order valence-corrected chi connectivity index (χ0v) is 7.34. The Hall–Kier alpha value is -0.830. The van der Waals surface area contributed by atoms with Crippen LogP contribution in [0, 0.1) is 6.92 Å². The summed E-state index contributed by atoms with van der Waals surface area (Å²) in [5.41, 5.74) is 6.76. The maximum atomic E-state index is 5.65. The van der Waals surface area contributed by atoms with Gasteiger partial charge in [-0.05, 0) is 12.8 Å². The summed E-state index contributed by atoms with van der Waals surface area (Å²) in [6.45, 7) is 2.59. The van der Waals surface area contributed by atoms with Gasteiger partial charge >= 0.3 is 0 Å². The van der Waals surface area contributed by atoms with E-state index in [4.69, 9.17) is 10.2 Å². The second kappa shape index (κ2) is 2.90. The third-order valence-electron chi connectivity index (χ3n) is 2.46. The first-order valence-electron chi connectivity index (χ1n) is 4.47. The quantitative estimate of drug-likeness (QED) is 0.685. The molecule has 1 unspecified atom stereocenters. The molecule has 1 atom stereocenters. The van der Waals surface area contributed by atoms with Gasteiger partial charge in [-0.2, -0.15) is 0 Å². The number of nitrogens with two attached hydrogens (primary N) is 1. The molecule has 0 saturated carbocycles. The molecule has 66 valence electrons. The van der Waals surface area contributed by atoms with Crippen molar-refractivity contribution in [3.8, 4) is 0 Å². The Balaban J connectivity index is 2.36. The van der Waals surface area contributed by atoms with Crippen LogP contribution < -0.4 is 5.73 Å². The van der Waals surface area contributed by atoms with Crippen LogP contribution in [0.15, 0.2) is 4.42 Å². The van der Waals surface area contributed by atoms with Gasteiger partial charge in [-0.1, -0.05) is 0 Å². The highest BCUT2D eigenvalue weighted by molar-refractivity contribution is 5.18. The molecular weight excluding hydrogens is 152 g/mol. The van der Waals surface area contributed by atoms with Crippen LogP contribution in [0.3, 0.4) is 0 Å². The van der Waals surface area contributed by atoms with Crippen LogP contribution in [0.25, 0.3) is 0 Å². The SMILES string of the molecule is Cc1nc2c(o1)CCCC2CN. The summed E-state index contributed by atoms with van der Waals surface area (Å²) in [7, 11) is 0. The molecule has 1 heterocycles. The summed E-state index contributed by atoms with van der Waals surface area (Å²) in [6.07, 6.45) is 3.38. The smallest absolute Gasteiger partial charge is 0.191 e. The molecule has 2 N–H and O–H groups in total. The molecule has 1 aromatic heterocycles. The van der Waals surface area contributed by atoms with Crippen molar-refractivity contribution in [1.82, 2.24) is 4.98 Å². The van der Waals surface area contributed by atoms with Gasteiger partial charge in [0.1, 0.15) is 5.76 Å². The molecule has 0 bridgehead atoms. The average Bonchev–Trinajstić information content (AvgIpc) is 2.44. The van der Waals surface area contributed by atoms with Crippen LogP contribution in [0.5, 0.6) is 0 Å². The lowest BCUT2D eigenvalue weighted by molar-refractivity contribution is 0.437. The number of oxazole rings is 1. The van der Waals surface area contributed by atoms with Crippen LogP contribution in [0.2, 0.25) is 0 Å². The van der Waals surface area contributed by atoms with E-state index in [1.54, 1.807) is 0 Å². The molecular formula is C9H14N2O. The van der Waals surface area contributed by atoms with Crippen molar-refractivity contribution in [3.05, 3.63) is 17.3 Å². The van der Waals surface area contributed by atoms with Gasteiger partial charge < -0.3 is 10.2 Å². The number of fused-ring (bicyclic) bond motifs is 1. The summed E-state index contributed by atoms with van der Waals surface area (Å²) in [5, 5.41) is 0. The topological polar surface area (TPSA) is 52.0 Å². The zero-order valence-electron chi connectivity index (χ0n) is 7.34. The van der Waals surface area contributed by atoms with E-state index in [-0.39, 0.29) is 0 Å². The van der Waals surface area contributed by atoms with Crippen LogP contribution in [0.1, 0.15) is 36.1 Å². The van der Waals surface area contributed by atoms with Gasteiger partial charge in [0, 0.05) is 25.8 Å². The fourth-order valence-electron chi connectivity index (χ4n) is 1.86. The van der Waals surface area contributed by atoms with Crippen LogP contribution in [0.4, 0.5) is 0 Å². The number of nitrogens with zero attached hydrogens (tertiary/aromatic N) is 1. The fraction of sp³-hybridized carbons (Fsp3) is 0.667. The highest BCUT2D eigenvalue weighted by Gasteiger charge is 2.23. The van der Waals surface area contributed by atoms with Crippen molar-refractivity contribution in [2.45, 2.75) is 32.1 Å². The number of hydrogen-bond acceptors (Lipinski definition) is 3. The minimum absolute atomic E-state index is 0.436. The third-order valence-corrected chi connectivity index (χ3v) is 2.46. The van der Waals surface area contributed by atoms with Crippen molar-refractivity contribution in [3.63, 3.8) is 0 Å². The first kappa shape index (κ1) is 7.80. The van der Waals surface area contributed by atoms with Crippen LogP contribution in [-0.2, 0) is 6.42 Å². The van der Waals surface area contributed by atoms with E-state index >= 15 is 0 Å². The van der Waals surface area contributed by atoms with E-state index in [9.17, 15) is 0 Å². The Labute approximate surface area is 72.0 Å². The summed E-state index contributed by atoms with van der Waals surface area (Å²) < 4.78 is 5.47. The second-order valence-corrected chi connectivity index (χ2v) is 3.37. The van der Waals surface area contributed by atoms with Gasteiger partial charge in [0.15, 0.2) is 5.89 Å². The van der Waals surface area contributed by atoms with Crippen molar-refractivity contribution < 1.29 is 4.42 Å². The summed E-state index contributed by atoms with van der Waals surface area (Å²) in [5.74, 6) is 2.28. The average molecular weight is 166 g/mol. The molecule has 3 nitrogen and oxygen atoms in total. The molecule has 1 aliphatic carbocycles.